The monoisotopic (exact) mass is 355 g/mol. The predicted molar refractivity (Wildman–Crippen MR) is 99.8 cm³/mol. The highest BCUT2D eigenvalue weighted by Gasteiger charge is 2.06. The maximum absolute atomic E-state index is 11.8. The summed E-state index contributed by atoms with van der Waals surface area (Å²) in [4.78, 5) is 25.0. The first-order valence-electron chi connectivity index (χ1n) is 7.57. The van der Waals surface area contributed by atoms with Crippen LogP contribution in [0.4, 0.5) is 10.5 Å². The van der Waals surface area contributed by atoms with Crippen LogP contribution in [0.25, 0.3) is 0 Å². The molecule has 0 unspecified atom stereocenters. The number of urea groups is 1. The maximum Gasteiger partial charge on any atom is 0.319 e. The highest BCUT2D eigenvalue weighted by atomic mass is 35.5. The van der Waals surface area contributed by atoms with Crippen molar-refractivity contribution in [2.45, 2.75) is 0 Å². The summed E-state index contributed by atoms with van der Waals surface area (Å²) in [6.07, 6.45) is 0. The lowest BCUT2D eigenvalue weighted by atomic mass is 10.1. The Bertz CT molecular complexity index is 821. The zero-order valence-corrected chi connectivity index (χ0v) is 14.7. The van der Waals surface area contributed by atoms with Crippen molar-refractivity contribution in [3.63, 3.8) is 0 Å². The normalized spacial score (nSPS) is 9.56. The number of rotatable bonds is 3. The fourth-order valence-electron chi connectivity index (χ4n) is 1.97. The molecule has 2 aromatic rings. The fraction of sp³-hybridized carbons (Fsp3) is 0.158. The van der Waals surface area contributed by atoms with Gasteiger partial charge in [-0.15, -0.1) is 0 Å². The van der Waals surface area contributed by atoms with Gasteiger partial charge in [-0.25, -0.2) is 4.79 Å². The van der Waals surface area contributed by atoms with Gasteiger partial charge >= 0.3 is 6.03 Å². The molecule has 0 saturated carbocycles. The molecule has 0 aromatic heterocycles. The van der Waals surface area contributed by atoms with Gasteiger partial charge < -0.3 is 15.5 Å². The van der Waals surface area contributed by atoms with Gasteiger partial charge in [-0.05, 0) is 42.5 Å². The lowest BCUT2D eigenvalue weighted by Crippen LogP contribution is -2.28. The summed E-state index contributed by atoms with van der Waals surface area (Å²) in [6, 6.07) is 13.5. The van der Waals surface area contributed by atoms with Crippen LogP contribution in [0, 0.1) is 11.8 Å². The molecule has 0 heterocycles. The summed E-state index contributed by atoms with van der Waals surface area (Å²) in [7, 11) is 3.41. The number of carbonyl (C=O) groups is 2. The topological polar surface area (TPSA) is 61.4 Å². The Labute approximate surface area is 152 Å². The fourth-order valence-corrected chi connectivity index (χ4v) is 2.16. The molecule has 0 aliphatic rings. The second kappa shape index (κ2) is 8.76. The zero-order valence-electron chi connectivity index (χ0n) is 14.0. The van der Waals surface area contributed by atoms with Crippen molar-refractivity contribution >= 4 is 29.2 Å². The minimum absolute atomic E-state index is 0.0566. The molecule has 0 aliphatic heterocycles. The van der Waals surface area contributed by atoms with Crippen LogP contribution in [-0.4, -0.2) is 37.5 Å². The van der Waals surface area contributed by atoms with Gasteiger partial charge in [0.2, 0.25) is 0 Å². The Morgan fingerprint density at radius 1 is 1.12 bits per heavy atom. The molecular formula is C19H18ClN3O2. The van der Waals surface area contributed by atoms with Gasteiger partial charge in [-0.2, -0.15) is 0 Å². The van der Waals surface area contributed by atoms with Crippen LogP contribution in [0.3, 0.4) is 0 Å². The van der Waals surface area contributed by atoms with Crippen molar-refractivity contribution in [2.75, 3.05) is 26.0 Å². The molecule has 6 heteroatoms. The summed E-state index contributed by atoms with van der Waals surface area (Å²) in [5, 5.41) is 5.86. The molecule has 0 radical (unpaired) electrons. The molecule has 128 valence electrons. The summed E-state index contributed by atoms with van der Waals surface area (Å²) in [5.74, 6) is 5.73. The lowest BCUT2D eigenvalue weighted by molar-refractivity contribution is 0.0827. The Kier molecular flexibility index (Phi) is 6.44. The summed E-state index contributed by atoms with van der Waals surface area (Å²) in [5.41, 5.74) is 1.99. The van der Waals surface area contributed by atoms with Gasteiger partial charge in [-0.3, -0.25) is 4.79 Å². The minimum atomic E-state index is -0.358. The first-order chi connectivity index (χ1) is 12.0. The largest absolute Gasteiger partial charge is 0.345 e. The molecule has 0 atom stereocenters. The molecule has 3 amide bonds. The van der Waals surface area contributed by atoms with E-state index in [1.54, 1.807) is 62.6 Å². The second-order valence-corrected chi connectivity index (χ2v) is 5.83. The first-order valence-corrected chi connectivity index (χ1v) is 7.94. The van der Waals surface area contributed by atoms with Crippen LogP contribution in [0.2, 0.25) is 5.02 Å². The standard InChI is InChI=1S/C19H18ClN3O2/c1-23(2)18(24)15-10-8-14(9-11-15)5-4-12-21-19(25)22-17-7-3-6-16(20)13-17/h3,6-11,13H,12H2,1-2H3,(H2,21,22,25). The van der Waals surface area contributed by atoms with Gasteiger partial charge in [0.15, 0.2) is 0 Å². The Hall–Kier alpha value is -2.97. The van der Waals surface area contributed by atoms with Crippen LogP contribution in [-0.2, 0) is 0 Å². The molecule has 2 N–H and O–H groups in total. The smallest absolute Gasteiger partial charge is 0.319 e. The first kappa shape index (κ1) is 18.4. The molecule has 0 saturated heterocycles. The summed E-state index contributed by atoms with van der Waals surface area (Å²) >= 11 is 5.85. The van der Waals surface area contributed by atoms with Gasteiger partial charge in [0, 0.05) is 35.9 Å². The van der Waals surface area contributed by atoms with Crippen LogP contribution >= 0.6 is 11.6 Å². The third kappa shape index (κ3) is 5.87. The van der Waals surface area contributed by atoms with E-state index in [9.17, 15) is 9.59 Å². The number of anilines is 1. The van der Waals surface area contributed by atoms with E-state index in [-0.39, 0.29) is 18.5 Å². The molecular weight excluding hydrogens is 338 g/mol. The average molecular weight is 356 g/mol. The molecule has 0 aliphatic carbocycles. The van der Waals surface area contributed by atoms with E-state index < -0.39 is 0 Å². The highest BCUT2D eigenvalue weighted by Crippen LogP contribution is 2.14. The zero-order chi connectivity index (χ0) is 18.2. The van der Waals surface area contributed by atoms with E-state index in [2.05, 4.69) is 22.5 Å². The van der Waals surface area contributed by atoms with E-state index >= 15 is 0 Å². The number of hydrogen-bond donors (Lipinski definition) is 2. The average Bonchev–Trinajstić information content (AvgIpc) is 2.58. The molecule has 5 nitrogen and oxygen atoms in total. The van der Waals surface area contributed by atoms with Crippen LogP contribution < -0.4 is 10.6 Å². The number of amides is 3. The number of hydrogen-bond acceptors (Lipinski definition) is 2. The highest BCUT2D eigenvalue weighted by molar-refractivity contribution is 6.30. The number of carbonyl (C=O) groups excluding carboxylic acids is 2. The van der Waals surface area contributed by atoms with E-state index in [1.807, 2.05) is 0 Å². The van der Waals surface area contributed by atoms with Gasteiger partial charge in [0.25, 0.3) is 5.91 Å². The quantitative estimate of drug-likeness (QED) is 0.830. The minimum Gasteiger partial charge on any atom is -0.345 e. The Balaban J connectivity index is 1.84. The second-order valence-electron chi connectivity index (χ2n) is 5.40. The van der Waals surface area contributed by atoms with Crippen molar-refractivity contribution in [1.29, 1.82) is 0 Å². The number of nitrogens with zero attached hydrogens (tertiary/aromatic N) is 1. The van der Waals surface area contributed by atoms with Crippen molar-refractivity contribution in [1.82, 2.24) is 10.2 Å². The third-order valence-electron chi connectivity index (χ3n) is 3.19. The molecule has 0 spiro atoms. The SMILES string of the molecule is CN(C)C(=O)c1ccc(C#CCNC(=O)Nc2cccc(Cl)c2)cc1. The molecule has 0 bridgehead atoms. The number of halogens is 1. The molecule has 25 heavy (non-hydrogen) atoms. The van der Waals surface area contributed by atoms with Gasteiger partial charge in [0.1, 0.15) is 0 Å². The Morgan fingerprint density at radius 3 is 2.48 bits per heavy atom. The van der Waals surface area contributed by atoms with Crippen molar-refractivity contribution in [2.24, 2.45) is 0 Å². The number of nitrogens with one attached hydrogen (secondary N) is 2. The van der Waals surface area contributed by atoms with Crippen LogP contribution in [0.15, 0.2) is 48.5 Å². The van der Waals surface area contributed by atoms with Crippen LogP contribution in [0.5, 0.6) is 0 Å². The maximum atomic E-state index is 11.8. The van der Waals surface area contributed by atoms with Crippen LogP contribution in [0.1, 0.15) is 15.9 Å². The van der Waals surface area contributed by atoms with E-state index in [4.69, 9.17) is 11.6 Å². The molecule has 2 rings (SSSR count). The molecule has 2 aromatic carbocycles. The lowest BCUT2D eigenvalue weighted by Gasteiger charge is -2.09. The van der Waals surface area contributed by atoms with Gasteiger partial charge in [-0.1, -0.05) is 29.5 Å². The van der Waals surface area contributed by atoms with E-state index in [0.29, 0.717) is 16.3 Å². The summed E-state index contributed by atoms with van der Waals surface area (Å²) < 4.78 is 0. The van der Waals surface area contributed by atoms with Crippen molar-refractivity contribution < 1.29 is 9.59 Å². The predicted octanol–water partition coefficient (Wildman–Crippen LogP) is 3.22. The summed E-state index contributed by atoms with van der Waals surface area (Å²) in [6.45, 7) is 0.199. The third-order valence-corrected chi connectivity index (χ3v) is 3.43. The Morgan fingerprint density at radius 2 is 1.84 bits per heavy atom. The molecule has 0 fully saturated rings. The van der Waals surface area contributed by atoms with Gasteiger partial charge in [0.05, 0.1) is 6.54 Å². The van der Waals surface area contributed by atoms with Crippen molar-refractivity contribution in [3.05, 3.63) is 64.7 Å². The van der Waals surface area contributed by atoms with E-state index in [1.165, 1.54) is 4.90 Å². The van der Waals surface area contributed by atoms with Crippen molar-refractivity contribution in [3.8, 4) is 11.8 Å². The van der Waals surface area contributed by atoms with E-state index in [0.717, 1.165) is 5.56 Å². The number of benzene rings is 2.